The van der Waals surface area contributed by atoms with Crippen LogP contribution in [-0.4, -0.2) is 23.2 Å². The van der Waals surface area contributed by atoms with E-state index in [0.717, 1.165) is 11.3 Å². The highest BCUT2D eigenvalue weighted by molar-refractivity contribution is 7.80. The second kappa shape index (κ2) is 9.78. The van der Waals surface area contributed by atoms with Crippen LogP contribution >= 0.6 is 12.2 Å². The molecule has 0 saturated carbocycles. The number of carbonyl (C=O) groups excluding carboxylic acids is 1. The van der Waals surface area contributed by atoms with Gasteiger partial charge in [-0.15, -0.1) is 0 Å². The lowest BCUT2D eigenvalue weighted by Crippen LogP contribution is -2.52. The molecule has 2 aromatic rings. The second-order valence-corrected chi connectivity index (χ2v) is 7.32. The highest BCUT2D eigenvalue weighted by Gasteiger charge is 2.11. The molecule has 0 bridgehead atoms. The summed E-state index contributed by atoms with van der Waals surface area (Å²) >= 11 is 5.08. The molecule has 0 fully saturated rings. The third-order valence-electron chi connectivity index (χ3n) is 3.25. The van der Waals surface area contributed by atoms with Crippen molar-refractivity contribution >= 4 is 23.2 Å². The number of hydrogen-bond donors (Lipinski definition) is 3. The zero-order valence-electron chi connectivity index (χ0n) is 15.7. The molecule has 0 aliphatic carbocycles. The molecule has 0 aliphatic heterocycles. The van der Waals surface area contributed by atoms with Crippen LogP contribution < -0.4 is 25.6 Å². The summed E-state index contributed by atoms with van der Waals surface area (Å²) in [6, 6.07) is 17.0. The Bertz CT molecular complexity index is 743. The number of amides is 1. The van der Waals surface area contributed by atoms with Crippen LogP contribution in [0.3, 0.4) is 0 Å². The van der Waals surface area contributed by atoms with Crippen LogP contribution in [0.1, 0.15) is 26.3 Å². The first-order valence-electron chi connectivity index (χ1n) is 8.58. The van der Waals surface area contributed by atoms with E-state index in [9.17, 15) is 4.79 Å². The van der Waals surface area contributed by atoms with Gasteiger partial charge in [-0.3, -0.25) is 15.6 Å². The maximum atomic E-state index is 11.8. The van der Waals surface area contributed by atoms with Crippen molar-refractivity contribution in [2.24, 2.45) is 0 Å². The number of hydrazine groups is 1. The summed E-state index contributed by atoms with van der Waals surface area (Å²) in [4.78, 5) is 11.8. The lowest BCUT2D eigenvalue weighted by atomic mass is 10.1. The van der Waals surface area contributed by atoms with Gasteiger partial charge in [-0.2, -0.15) is 0 Å². The molecule has 27 heavy (non-hydrogen) atoms. The monoisotopic (exact) mass is 387 g/mol. The molecule has 0 spiro atoms. The van der Waals surface area contributed by atoms with Gasteiger partial charge in [0.1, 0.15) is 18.1 Å². The summed E-state index contributed by atoms with van der Waals surface area (Å²) in [5, 5.41) is 3.37. The zero-order valence-corrected chi connectivity index (χ0v) is 16.6. The van der Waals surface area contributed by atoms with Gasteiger partial charge in [-0.05, 0) is 62.8 Å². The molecule has 0 radical (unpaired) electrons. The Labute approximate surface area is 165 Å². The number of carbonyl (C=O) groups is 1. The molecular formula is C20H25N3O3S. The van der Waals surface area contributed by atoms with Gasteiger partial charge in [0.25, 0.3) is 5.91 Å². The van der Waals surface area contributed by atoms with Gasteiger partial charge in [0.15, 0.2) is 11.7 Å². The number of hydrogen-bond acceptors (Lipinski definition) is 4. The molecule has 2 aromatic carbocycles. The topological polar surface area (TPSA) is 71.6 Å². The molecule has 0 aliphatic rings. The number of ether oxygens (including phenoxy) is 2. The largest absolute Gasteiger partial charge is 0.489 e. The first-order valence-corrected chi connectivity index (χ1v) is 8.99. The number of nitrogens with one attached hydrogen (secondary N) is 3. The van der Waals surface area contributed by atoms with E-state index in [1.807, 2.05) is 51.1 Å². The summed E-state index contributed by atoms with van der Waals surface area (Å²) in [6.07, 6.45) is 0. The number of benzene rings is 2. The first-order chi connectivity index (χ1) is 12.8. The second-order valence-electron chi connectivity index (χ2n) is 6.91. The van der Waals surface area contributed by atoms with Gasteiger partial charge in [-0.1, -0.05) is 30.3 Å². The molecule has 0 heterocycles. The third-order valence-corrected chi connectivity index (χ3v) is 3.45. The van der Waals surface area contributed by atoms with Gasteiger partial charge >= 0.3 is 0 Å². The van der Waals surface area contributed by atoms with Crippen molar-refractivity contribution in [3.63, 3.8) is 0 Å². The van der Waals surface area contributed by atoms with E-state index in [1.54, 1.807) is 24.3 Å². The van der Waals surface area contributed by atoms with Crippen molar-refractivity contribution in [2.75, 3.05) is 6.61 Å². The summed E-state index contributed by atoms with van der Waals surface area (Å²) in [7, 11) is 0. The molecule has 0 atom stereocenters. The SMILES string of the molecule is CC(C)(C)NC(=S)NNC(=O)COc1ccc(OCc2ccccc2)cc1. The van der Waals surface area contributed by atoms with Crippen LogP contribution in [0.2, 0.25) is 0 Å². The highest BCUT2D eigenvalue weighted by atomic mass is 32.1. The lowest BCUT2D eigenvalue weighted by Gasteiger charge is -2.23. The van der Waals surface area contributed by atoms with Crippen LogP contribution in [0.25, 0.3) is 0 Å². The molecule has 144 valence electrons. The Morgan fingerprint density at radius 1 is 0.926 bits per heavy atom. The Hall–Kier alpha value is -2.80. The van der Waals surface area contributed by atoms with Crippen LogP contribution in [0.15, 0.2) is 54.6 Å². The molecule has 0 aromatic heterocycles. The average Bonchev–Trinajstić information content (AvgIpc) is 2.63. The van der Waals surface area contributed by atoms with Gasteiger partial charge in [0.05, 0.1) is 0 Å². The fraction of sp³-hybridized carbons (Fsp3) is 0.300. The van der Waals surface area contributed by atoms with E-state index in [2.05, 4.69) is 16.2 Å². The summed E-state index contributed by atoms with van der Waals surface area (Å²) in [5.74, 6) is 0.973. The zero-order chi connectivity index (χ0) is 19.7. The maximum absolute atomic E-state index is 11.8. The van der Waals surface area contributed by atoms with Crippen LogP contribution in [-0.2, 0) is 11.4 Å². The fourth-order valence-electron chi connectivity index (χ4n) is 2.06. The minimum Gasteiger partial charge on any atom is -0.489 e. The normalized spacial score (nSPS) is 10.6. The molecule has 7 heteroatoms. The Kier molecular flexibility index (Phi) is 7.43. The number of rotatable bonds is 6. The highest BCUT2D eigenvalue weighted by Crippen LogP contribution is 2.18. The van der Waals surface area contributed by atoms with Crippen molar-refractivity contribution in [1.29, 1.82) is 0 Å². The van der Waals surface area contributed by atoms with Crippen molar-refractivity contribution in [1.82, 2.24) is 16.2 Å². The lowest BCUT2D eigenvalue weighted by molar-refractivity contribution is -0.123. The van der Waals surface area contributed by atoms with Gasteiger partial charge in [-0.25, -0.2) is 0 Å². The van der Waals surface area contributed by atoms with E-state index in [1.165, 1.54) is 0 Å². The van der Waals surface area contributed by atoms with E-state index in [0.29, 0.717) is 17.5 Å². The van der Waals surface area contributed by atoms with E-state index in [-0.39, 0.29) is 18.1 Å². The predicted molar refractivity (Wildman–Crippen MR) is 109 cm³/mol. The minimum absolute atomic E-state index is 0.130. The molecule has 6 nitrogen and oxygen atoms in total. The predicted octanol–water partition coefficient (Wildman–Crippen LogP) is 2.94. The van der Waals surface area contributed by atoms with E-state index in [4.69, 9.17) is 21.7 Å². The van der Waals surface area contributed by atoms with Crippen molar-refractivity contribution in [2.45, 2.75) is 32.9 Å². The average molecular weight is 388 g/mol. The molecule has 3 N–H and O–H groups in total. The van der Waals surface area contributed by atoms with Gasteiger partial charge in [0, 0.05) is 5.54 Å². The minimum atomic E-state index is -0.336. The van der Waals surface area contributed by atoms with Crippen LogP contribution in [0, 0.1) is 0 Å². The smallest absolute Gasteiger partial charge is 0.276 e. The molecule has 0 saturated heterocycles. The standard InChI is InChI=1S/C20H25N3O3S/c1-20(2,3)21-19(27)23-22-18(24)14-26-17-11-9-16(10-12-17)25-13-15-7-5-4-6-8-15/h4-12H,13-14H2,1-3H3,(H,22,24)(H2,21,23,27). The summed E-state index contributed by atoms with van der Waals surface area (Å²) in [5.41, 5.74) is 6.03. The first kappa shape index (κ1) is 20.5. The van der Waals surface area contributed by atoms with E-state index < -0.39 is 0 Å². The maximum Gasteiger partial charge on any atom is 0.276 e. The third kappa shape index (κ3) is 8.42. The fourth-order valence-corrected chi connectivity index (χ4v) is 2.41. The van der Waals surface area contributed by atoms with Crippen molar-refractivity contribution < 1.29 is 14.3 Å². The molecule has 2 rings (SSSR count). The summed E-state index contributed by atoms with van der Waals surface area (Å²) < 4.78 is 11.2. The molecule has 0 unspecified atom stereocenters. The Balaban J connectivity index is 1.70. The Morgan fingerprint density at radius 3 is 2.11 bits per heavy atom. The quantitative estimate of drug-likeness (QED) is 0.523. The number of thiocarbonyl (C=S) groups is 1. The molecule has 1 amide bonds. The van der Waals surface area contributed by atoms with Gasteiger partial charge < -0.3 is 14.8 Å². The Morgan fingerprint density at radius 2 is 1.52 bits per heavy atom. The van der Waals surface area contributed by atoms with Crippen LogP contribution in [0.5, 0.6) is 11.5 Å². The van der Waals surface area contributed by atoms with Crippen molar-refractivity contribution in [3.05, 3.63) is 60.2 Å². The van der Waals surface area contributed by atoms with E-state index >= 15 is 0 Å². The van der Waals surface area contributed by atoms with Crippen molar-refractivity contribution in [3.8, 4) is 11.5 Å². The van der Waals surface area contributed by atoms with Gasteiger partial charge in [0.2, 0.25) is 0 Å². The summed E-state index contributed by atoms with van der Waals surface area (Å²) in [6.45, 7) is 6.28. The molecular weight excluding hydrogens is 362 g/mol. The van der Waals surface area contributed by atoms with Crippen LogP contribution in [0.4, 0.5) is 0 Å².